The van der Waals surface area contributed by atoms with Crippen molar-refractivity contribution in [2.75, 3.05) is 13.7 Å². The highest BCUT2D eigenvalue weighted by Gasteiger charge is 2.39. The Morgan fingerprint density at radius 2 is 1.91 bits per heavy atom. The predicted octanol–water partition coefficient (Wildman–Crippen LogP) is 1.53. The van der Waals surface area contributed by atoms with Crippen molar-refractivity contribution in [1.29, 1.82) is 0 Å². The maximum absolute atomic E-state index is 13.5. The van der Waals surface area contributed by atoms with Crippen LogP contribution in [0.1, 0.15) is 28.0 Å². The molecule has 1 saturated heterocycles. The third-order valence-electron chi connectivity index (χ3n) is 5.70. The Morgan fingerprint density at radius 1 is 1.17 bits per heavy atom. The number of aromatic nitrogens is 3. The van der Waals surface area contributed by atoms with Gasteiger partial charge in [-0.15, -0.1) is 5.10 Å². The molecule has 2 N–H and O–H groups in total. The number of aliphatic hydroxyl groups is 1. The highest BCUT2D eigenvalue weighted by atomic mass is 35.5. The van der Waals surface area contributed by atoms with E-state index in [2.05, 4.69) is 20.4 Å². The largest absolute Gasteiger partial charge is 0.469 e. The Labute approximate surface area is 206 Å². The van der Waals surface area contributed by atoms with Crippen molar-refractivity contribution in [1.82, 2.24) is 25.2 Å². The molecule has 2 heterocycles. The molecule has 0 bridgehead atoms. The standard InChI is InChI=1S/C24H24ClN5O5/c1-35-22(32)10-17-13-30(28-27-17)20-5-3-2-4-19(20)24(34)29-14-18(31)11-21(29)23(33)26-12-15-6-8-16(25)9-7-15/h2-9,13,18,21,31H,10-12,14H2,1H3,(H,26,33). The van der Waals surface area contributed by atoms with Crippen LogP contribution in [0.5, 0.6) is 0 Å². The summed E-state index contributed by atoms with van der Waals surface area (Å²) in [5.74, 6) is -1.24. The highest BCUT2D eigenvalue weighted by Crippen LogP contribution is 2.24. The second-order valence-electron chi connectivity index (χ2n) is 8.13. The van der Waals surface area contributed by atoms with E-state index in [1.165, 1.54) is 22.9 Å². The Kier molecular flexibility index (Phi) is 7.42. The molecule has 2 amide bonds. The SMILES string of the molecule is COC(=O)Cc1cn(-c2ccccc2C(=O)N2CC(O)CC2C(=O)NCc2ccc(Cl)cc2)nn1. The molecule has 10 nitrogen and oxygen atoms in total. The van der Waals surface area contributed by atoms with Crippen molar-refractivity contribution in [3.8, 4) is 5.69 Å². The van der Waals surface area contributed by atoms with Crippen LogP contribution in [0.25, 0.3) is 5.69 Å². The number of aliphatic hydroxyl groups excluding tert-OH is 1. The number of esters is 1. The number of nitrogens with zero attached hydrogens (tertiary/aromatic N) is 4. The third-order valence-corrected chi connectivity index (χ3v) is 5.95. The van der Waals surface area contributed by atoms with Gasteiger partial charge in [-0.25, -0.2) is 4.68 Å². The molecule has 2 aromatic carbocycles. The van der Waals surface area contributed by atoms with Gasteiger partial charge in [-0.3, -0.25) is 14.4 Å². The number of likely N-dealkylation sites (tertiary alicyclic amines) is 1. The van der Waals surface area contributed by atoms with E-state index in [1.807, 2.05) is 0 Å². The van der Waals surface area contributed by atoms with Crippen molar-refractivity contribution < 1.29 is 24.2 Å². The zero-order valence-corrected chi connectivity index (χ0v) is 19.7. The van der Waals surface area contributed by atoms with Crippen LogP contribution in [-0.4, -0.2) is 68.6 Å². The van der Waals surface area contributed by atoms with Gasteiger partial charge < -0.3 is 20.1 Å². The second-order valence-corrected chi connectivity index (χ2v) is 8.57. The maximum Gasteiger partial charge on any atom is 0.311 e. The molecule has 4 rings (SSSR count). The summed E-state index contributed by atoms with van der Waals surface area (Å²) in [5.41, 5.74) is 1.96. The van der Waals surface area contributed by atoms with E-state index < -0.39 is 24.0 Å². The minimum atomic E-state index is -0.830. The lowest BCUT2D eigenvalue weighted by Gasteiger charge is -2.24. The normalized spacial score (nSPS) is 17.3. The first kappa shape index (κ1) is 24.4. The molecule has 0 saturated carbocycles. The summed E-state index contributed by atoms with van der Waals surface area (Å²) < 4.78 is 6.05. The van der Waals surface area contributed by atoms with Crippen LogP contribution in [-0.2, 0) is 27.3 Å². The van der Waals surface area contributed by atoms with Gasteiger partial charge in [0.25, 0.3) is 5.91 Å². The average Bonchev–Trinajstić information content (AvgIpc) is 3.49. The van der Waals surface area contributed by atoms with Gasteiger partial charge in [-0.2, -0.15) is 0 Å². The van der Waals surface area contributed by atoms with Gasteiger partial charge in [0.2, 0.25) is 5.91 Å². The number of β-amino-alcohol motifs (C(OH)–C–C–N with tert-alkyl or cyclic N) is 1. The van der Waals surface area contributed by atoms with Crippen molar-refractivity contribution in [2.24, 2.45) is 0 Å². The molecule has 11 heteroatoms. The van der Waals surface area contributed by atoms with E-state index in [-0.39, 0.29) is 37.4 Å². The number of hydrogen-bond acceptors (Lipinski definition) is 7. The molecule has 1 aliphatic rings. The second kappa shape index (κ2) is 10.7. The monoisotopic (exact) mass is 497 g/mol. The minimum absolute atomic E-state index is 0.0249. The Balaban J connectivity index is 1.52. The maximum atomic E-state index is 13.5. The Morgan fingerprint density at radius 3 is 2.66 bits per heavy atom. The number of benzene rings is 2. The first-order valence-corrected chi connectivity index (χ1v) is 11.3. The van der Waals surface area contributed by atoms with Crippen LogP contribution in [0.4, 0.5) is 0 Å². The first-order valence-electron chi connectivity index (χ1n) is 10.9. The molecule has 0 radical (unpaired) electrons. The van der Waals surface area contributed by atoms with Crippen LogP contribution in [0, 0.1) is 0 Å². The van der Waals surface area contributed by atoms with Crippen molar-refractivity contribution in [3.05, 3.63) is 76.6 Å². The van der Waals surface area contributed by atoms with Gasteiger partial charge >= 0.3 is 5.97 Å². The zero-order valence-electron chi connectivity index (χ0n) is 18.9. The number of hydrogen-bond donors (Lipinski definition) is 2. The van der Waals surface area contributed by atoms with E-state index in [4.69, 9.17) is 11.6 Å². The van der Waals surface area contributed by atoms with E-state index in [1.54, 1.807) is 48.5 Å². The van der Waals surface area contributed by atoms with Crippen LogP contribution in [0.2, 0.25) is 5.02 Å². The molecular weight excluding hydrogens is 474 g/mol. The summed E-state index contributed by atoms with van der Waals surface area (Å²) in [6, 6.07) is 13.0. The molecule has 2 atom stereocenters. The predicted molar refractivity (Wildman–Crippen MR) is 126 cm³/mol. The molecule has 182 valence electrons. The molecule has 1 fully saturated rings. The quantitative estimate of drug-likeness (QED) is 0.474. The van der Waals surface area contributed by atoms with Crippen molar-refractivity contribution in [2.45, 2.75) is 31.5 Å². The van der Waals surface area contributed by atoms with Gasteiger partial charge in [0.15, 0.2) is 0 Å². The zero-order chi connectivity index (χ0) is 24.9. The lowest BCUT2D eigenvalue weighted by molar-refractivity contribution is -0.139. The van der Waals surface area contributed by atoms with Crippen LogP contribution in [0.15, 0.2) is 54.7 Å². The van der Waals surface area contributed by atoms with Gasteiger partial charge in [0.1, 0.15) is 6.04 Å². The number of carbonyl (C=O) groups is 3. The van der Waals surface area contributed by atoms with E-state index in [0.29, 0.717) is 16.4 Å². The number of halogens is 1. The first-order chi connectivity index (χ1) is 16.9. The van der Waals surface area contributed by atoms with E-state index in [0.717, 1.165) is 5.56 Å². The lowest BCUT2D eigenvalue weighted by atomic mass is 10.1. The van der Waals surface area contributed by atoms with E-state index in [9.17, 15) is 19.5 Å². The molecule has 1 aliphatic heterocycles. The summed E-state index contributed by atoms with van der Waals surface area (Å²) >= 11 is 5.90. The summed E-state index contributed by atoms with van der Waals surface area (Å²) in [5, 5.41) is 21.7. The number of carbonyl (C=O) groups excluding carboxylic acids is 3. The van der Waals surface area contributed by atoms with Gasteiger partial charge in [-0.1, -0.05) is 41.1 Å². The number of nitrogens with one attached hydrogen (secondary N) is 1. The molecule has 3 aromatic rings. The smallest absolute Gasteiger partial charge is 0.311 e. The fraction of sp³-hybridized carbons (Fsp3) is 0.292. The summed E-state index contributed by atoms with van der Waals surface area (Å²) in [4.78, 5) is 39.4. The fourth-order valence-corrected chi connectivity index (χ4v) is 4.05. The molecule has 2 unspecified atom stereocenters. The lowest BCUT2D eigenvalue weighted by Crippen LogP contribution is -2.46. The highest BCUT2D eigenvalue weighted by molar-refractivity contribution is 6.30. The number of methoxy groups -OCH3 is 1. The summed E-state index contributed by atoms with van der Waals surface area (Å²) in [6.45, 7) is 0.292. The van der Waals surface area contributed by atoms with E-state index >= 15 is 0 Å². The molecule has 0 aliphatic carbocycles. The van der Waals surface area contributed by atoms with Gasteiger partial charge in [-0.05, 0) is 29.8 Å². The Hall–Kier alpha value is -3.76. The number of para-hydroxylation sites is 1. The topological polar surface area (TPSA) is 127 Å². The van der Waals surface area contributed by atoms with Crippen LogP contribution in [0.3, 0.4) is 0 Å². The fourth-order valence-electron chi connectivity index (χ4n) is 3.92. The van der Waals surface area contributed by atoms with Crippen molar-refractivity contribution >= 4 is 29.4 Å². The number of amides is 2. The minimum Gasteiger partial charge on any atom is -0.469 e. The Bertz CT molecular complexity index is 1230. The van der Waals surface area contributed by atoms with Crippen molar-refractivity contribution in [3.63, 3.8) is 0 Å². The van der Waals surface area contributed by atoms with Crippen LogP contribution < -0.4 is 5.32 Å². The van der Waals surface area contributed by atoms with Gasteiger partial charge in [0, 0.05) is 24.5 Å². The third kappa shape index (κ3) is 5.67. The summed E-state index contributed by atoms with van der Waals surface area (Å²) in [6.07, 6.45) is 0.793. The van der Waals surface area contributed by atoms with Crippen LogP contribution >= 0.6 is 11.6 Å². The average molecular weight is 498 g/mol. The molecule has 0 spiro atoms. The van der Waals surface area contributed by atoms with Gasteiger partial charge in [0.05, 0.1) is 42.8 Å². The number of ether oxygens (including phenoxy) is 1. The molecule has 1 aromatic heterocycles. The number of rotatable bonds is 7. The summed E-state index contributed by atoms with van der Waals surface area (Å²) in [7, 11) is 1.28. The molecular formula is C24H24ClN5O5. The molecule has 35 heavy (non-hydrogen) atoms.